The molecule has 3 nitrogen and oxygen atoms in total. The Labute approximate surface area is 120 Å². The lowest BCUT2D eigenvalue weighted by atomic mass is 9.92. The van der Waals surface area contributed by atoms with Crippen LogP contribution in [0, 0.1) is 12.3 Å². The Kier molecular flexibility index (Phi) is 3.72. The van der Waals surface area contributed by atoms with Crippen LogP contribution in [0.15, 0.2) is 24.3 Å². The third kappa shape index (κ3) is 3.27. The van der Waals surface area contributed by atoms with Crippen molar-refractivity contribution in [1.29, 1.82) is 0 Å². The number of hydrogen-bond acceptors (Lipinski definition) is 2. The predicted octanol–water partition coefficient (Wildman–Crippen LogP) is 2.80. The van der Waals surface area contributed by atoms with Gasteiger partial charge in [0.25, 0.3) is 0 Å². The Balaban J connectivity index is 2.05. The highest BCUT2D eigenvalue weighted by molar-refractivity contribution is 6.09. The van der Waals surface area contributed by atoms with E-state index in [4.69, 9.17) is 0 Å². The van der Waals surface area contributed by atoms with Gasteiger partial charge in [-0.2, -0.15) is 0 Å². The van der Waals surface area contributed by atoms with Gasteiger partial charge in [-0.1, -0.05) is 29.8 Å². The van der Waals surface area contributed by atoms with Crippen LogP contribution in [0.1, 0.15) is 44.7 Å². The molecule has 0 radical (unpaired) electrons. The number of carbonyl (C=O) groups is 2. The molecule has 1 saturated carbocycles. The van der Waals surface area contributed by atoms with Gasteiger partial charge in [0.2, 0.25) is 5.91 Å². The molecule has 0 aromatic heterocycles. The molecular weight excluding hydrogens is 250 g/mol. The lowest BCUT2D eigenvalue weighted by Crippen LogP contribution is -2.47. The van der Waals surface area contributed by atoms with Crippen molar-refractivity contribution in [2.24, 2.45) is 5.41 Å². The summed E-state index contributed by atoms with van der Waals surface area (Å²) < 4.78 is 0. The average molecular weight is 273 g/mol. The van der Waals surface area contributed by atoms with Crippen LogP contribution < -0.4 is 5.32 Å². The number of amides is 1. The molecule has 1 aromatic rings. The summed E-state index contributed by atoms with van der Waals surface area (Å²) in [6, 6.07) is 7.92. The molecule has 0 saturated heterocycles. The topological polar surface area (TPSA) is 46.2 Å². The van der Waals surface area contributed by atoms with Gasteiger partial charge in [0.05, 0.1) is 0 Å². The van der Waals surface area contributed by atoms with Gasteiger partial charge in [-0.05, 0) is 46.1 Å². The molecule has 0 atom stereocenters. The van der Waals surface area contributed by atoms with Crippen LogP contribution in [0.4, 0.5) is 0 Å². The number of Topliss-reactive ketones (excluding diaryl/α,β-unsaturated/α-hetero) is 1. The van der Waals surface area contributed by atoms with E-state index in [9.17, 15) is 9.59 Å². The fourth-order valence-corrected chi connectivity index (χ4v) is 2.28. The maximum Gasteiger partial charge on any atom is 0.234 e. The van der Waals surface area contributed by atoms with Gasteiger partial charge in [-0.25, -0.2) is 0 Å². The second-order valence-electron chi connectivity index (χ2n) is 6.87. The zero-order chi connectivity index (χ0) is 15.0. The van der Waals surface area contributed by atoms with Gasteiger partial charge in [-0.15, -0.1) is 0 Å². The number of aryl methyl sites for hydroxylation is 1. The van der Waals surface area contributed by atoms with E-state index in [0.29, 0.717) is 19.3 Å². The average Bonchev–Trinajstić information content (AvgIpc) is 3.11. The number of hydrogen-bond donors (Lipinski definition) is 1. The predicted molar refractivity (Wildman–Crippen MR) is 79.5 cm³/mol. The van der Waals surface area contributed by atoms with Crippen molar-refractivity contribution in [2.75, 3.05) is 0 Å². The number of benzene rings is 1. The largest absolute Gasteiger partial charge is 0.351 e. The molecule has 108 valence electrons. The Morgan fingerprint density at radius 1 is 1.15 bits per heavy atom. The molecule has 20 heavy (non-hydrogen) atoms. The molecule has 1 fully saturated rings. The summed E-state index contributed by atoms with van der Waals surface area (Å²) in [5, 5.41) is 2.94. The quantitative estimate of drug-likeness (QED) is 0.857. The van der Waals surface area contributed by atoms with Crippen molar-refractivity contribution in [3.8, 4) is 0 Å². The lowest BCUT2D eigenvalue weighted by molar-refractivity contribution is -0.136. The van der Waals surface area contributed by atoms with Crippen molar-refractivity contribution in [3.05, 3.63) is 35.4 Å². The zero-order valence-corrected chi connectivity index (χ0v) is 12.7. The normalized spacial score (nSPS) is 16.6. The third-order valence-corrected chi connectivity index (χ3v) is 3.69. The number of rotatable bonds is 4. The van der Waals surface area contributed by atoms with E-state index in [1.807, 2.05) is 52.0 Å². The van der Waals surface area contributed by atoms with E-state index in [2.05, 4.69) is 5.32 Å². The number of carbonyl (C=O) groups excluding carboxylic acids is 2. The van der Waals surface area contributed by atoms with Crippen LogP contribution in [-0.4, -0.2) is 17.2 Å². The van der Waals surface area contributed by atoms with E-state index < -0.39 is 5.41 Å². The highest BCUT2D eigenvalue weighted by atomic mass is 16.2. The monoisotopic (exact) mass is 273 g/mol. The lowest BCUT2D eigenvalue weighted by Gasteiger charge is -2.24. The first-order chi connectivity index (χ1) is 9.23. The van der Waals surface area contributed by atoms with E-state index in [1.165, 1.54) is 5.56 Å². The molecule has 0 bridgehead atoms. The van der Waals surface area contributed by atoms with Crippen molar-refractivity contribution in [1.82, 2.24) is 5.32 Å². The molecule has 1 aliphatic rings. The molecule has 0 spiro atoms. The maximum absolute atomic E-state index is 12.4. The third-order valence-electron chi connectivity index (χ3n) is 3.69. The fraction of sp³-hybridized carbons (Fsp3) is 0.529. The first kappa shape index (κ1) is 14.8. The highest BCUT2D eigenvalue weighted by Gasteiger charge is 2.56. The van der Waals surface area contributed by atoms with Gasteiger partial charge >= 0.3 is 0 Å². The van der Waals surface area contributed by atoms with Crippen LogP contribution in [-0.2, 0) is 16.0 Å². The van der Waals surface area contributed by atoms with Crippen molar-refractivity contribution in [2.45, 2.75) is 52.5 Å². The van der Waals surface area contributed by atoms with Gasteiger partial charge < -0.3 is 5.32 Å². The minimum Gasteiger partial charge on any atom is -0.351 e. The molecule has 1 aliphatic carbocycles. The molecule has 3 heteroatoms. The van der Waals surface area contributed by atoms with Crippen molar-refractivity contribution < 1.29 is 9.59 Å². The summed E-state index contributed by atoms with van der Waals surface area (Å²) in [6.07, 6.45) is 1.71. The van der Waals surface area contributed by atoms with Gasteiger partial charge in [-0.3, -0.25) is 9.59 Å². The van der Waals surface area contributed by atoms with E-state index in [0.717, 1.165) is 5.56 Å². The Bertz CT molecular complexity index is 519. The van der Waals surface area contributed by atoms with Crippen LogP contribution in [0.5, 0.6) is 0 Å². The van der Waals surface area contributed by atoms with Gasteiger partial charge in [0.15, 0.2) is 5.78 Å². The van der Waals surface area contributed by atoms with Crippen LogP contribution in [0.2, 0.25) is 0 Å². The standard InChI is InChI=1S/C17H23NO2/c1-12-5-7-13(8-6-12)11-14(19)17(9-10-17)15(20)18-16(2,3)4/h5-8H,9-11H2,1-4H3,(H,18,20). The summed E-state index contributed by atoms with van der Waals surface area (Å²) in [5.74, 6) is -0.0646. The Morgan fingerprint density at radius 2 is 1.70 bits per heavy atom. The summed E-state index contributed by atoms with van der Waals surface area (Å²) in [7, 11) is 0. The first-order valence-electron chi connectivity index (χ1n) is 7.14. The highest BCUT2D eigenvalue weighted by Crippen LogP contribution is 2.47. The van der Waals surface area contributed by atoms with Gasteiger partial charge in [0, 0.05) is 12.0 Å². The molecule has 1 aromatic carbocycles. The number of nitrogens with one attached hydrogen (secondary N) is 1. The molecule has 0 heterocycles. The number of ketones is 1. The summed E-state index contributed by atoms with van der Waals surface area (Å²) in [6.45, 7) is 7.83. The van der Waals surface area contributed by atoms with Crippen molar-refractivity contribution >= 4 is 11.7 Å². The maximum atomic E-state index is 12.4. The summed E-state index contributed by atoms with van der Waals surface area (Å²) >= 11 is 0. The molecule has 0 unspecified atom stereocenters. The van der Waals surface area contributed by atoms with Crippen LogP contribution >= 0.6 is 0 Å². The molecule has 1 amide bonds. The van der Waals surface area contributed by atoms with E-state index in [1.54, 1.807) is 0 Å². The molecule has 1 N–H and O–H groups in total. The zero-order valence-electron chi connectivity index (χ0n) is 12.7. The van der Waals surface area contributed by atoms with Crippen LogP contribution in [0.25, 0.3) is 0 Å². The van der Waals surface area contributed by atoms with E-state index in [-0.39, 0.29) is 17.2 Å². The van der Waals surface area contributed by atoms with Crippen LogP contribution in [0.3, 0.4) is 0 Å². The molecule has 0 aliphatic heterocycles. The second-order valence-corrected chi connectivity index (χ2v) is 6.87. The van der Waals surface area contributed by atoms with Gasteiger partial charge in [0.1, 0.15) is 5.41 Å². The SMILES string of the molecule is Cc1ccc(CC(=O)C2(C(=O)NC(C)(C)C)CC2)cc1. The molecular formula is C17H23NO2. The van der Waals surface area contributed by atoms with Crippen molar-refractivity contribution in [3.63, 3.8) is 0 Å². The minimum absolute atomic E-state index is 0.0445. The minimum atomic E-state index is -0.766. The first-order valence-corrected chi connectivity index (χ1v) is 7.14. The summed E-state index contributed by atoms with van der Waals surface area (Å²) in [4.78, 5) is 24.7. The smallest absolute Gasteiger partial charge is 0.234 e. The van der Waals surface area contributed by atoms with E-state index >= 15 is 0 Å². The fourth-order valence-electron chi connectivity index (χ4n) is 2.28. The molecule has 2 rings (SSSR count). The summed E-state index contributed by atoms with van der Waals surface area (Å²) in [5.41, 5.74) is 1.10. The second kappa shape index (κ2) is 5.04. The Hall–Kier alpha value is -1.64. The Morgan fingerprint density at radius 3 is 2.15 bits per heavy atom.